The molecule has 0 radical (unpaired) electrons. The van der Waals surface area contributed by atoms with Crippen molar-refractivity contribution < 1.29 is 9.53 Å². The summed E-state index contributed by atoms with van der Waals surface area (Å²) in [6.07, 6.45) is 0. The SMILES string of the molecule is CCOc1ccc(-n2c(SC(C)C(=O)NC(C)(C#N)C(C)C)nnc2-c2cccc(Cl)c2)cc1. The number of hydrogen-bond donors (Lipinski definition) is 1. The summed E-state index contributed by atoms with van der Waals surface area (Å²) < 4.78 is 7.46. The number of hydrogen-bond acceptors (Lipinski definition) is 6. The van der Waals surface area contributed by atoms with Gasteiger partial charge in [-0.3, -0.25) is 9.36 Å². The van der Waals surface area contributed by atoms with E-state index in [4.69, 9.17) is 16.3 Å². The molecule has 1 aromatic heterocycles. The van der Waals surface area contributed by atoms with Crippen LogP contribution in [0, 0.1) is 17.2 Å². The Morgan fingerprint density at radius 2 is 1.94 bits per heavy atom. The second-order valence-electron chi connectivity index (χ2n) is 8.30. The summed E-state index contributed by atoms with van der Waals surface area (Å²) in [5.41, 5.74) is 0.665. The summed E-state index contributed by atoms with van der Waals surface area (Å²) in [5, 5.41) is 21.9. The zero-order chi connectivity index (χ0) is 24.9. The first-order chi connectivity index (χ1) is 16.2. The largest absolute Gasteiger partial charge is 0.494 e. The van der Waals surface area contributed by atoms with E-state index in [9.17, 15) is 10.1 Å². The van der Waals surface area contributed by atoms with Crippen LogP contribution in [-0.2, 0) is 4.79 Å². The smallest absolute Gasteiger partial charge is 0.234 e. The Kier molecular flexibility index (Phi) is 8.24. The number of amides is 1. The molecular weight excluding hydrogens is 470 g/mol. The highest BCUT2D eigenvalue weighted by molar-refractivity contribution is 8.00. The molecule has 0 spiro atoms. The number of rotatable bonds is 9. The number of aromatic nitrogens is 3. The van der Waals surface area contributed by atoms with E-state index in [-0.39, 0.29) is 11.8 Å². The van der Waals surface area contributed by atoms with Crippen molar-refractivity contribution >= 4 is 29.3 Å². The van der Waals surface area contributed by atoms with Gasteiger partial charge in [-0.2, -0.15) is 5.26 Å². The number of nitriles is 1. The third-order valence-electron chi connectivity index (χ3n) is 5.54. The lowest BCUT2D eigenvalue weighted by atomic mass is 9.90. The summed E-state index contributed by atoms with van der Waals surface area (Å²) in [6, 6.07) is 17.2. The zero-order valence-electron chi connectivity index (χ0n) is 19.9. The lowest BCUT2D eigenvalue weighted by Crippen LogP contribution is -2.51. The highest BCUT2D eigenvalue weighted by atomic mass is 35.5. The summed E-state index contributed by atoms with van der Waals surface area (Å²) in [7, 11) is 0. The van der Waals surface area contributed by atoms with Crippen molar-refractivity contribution in [2.24, 2.45) is 5.92 Å². The molecule has 9 heteroatoms. The summed E-state index contributed by atoms with van der Waals surface area (Å²) in [4.78, 5) is 12.9. The van der Waals surface area contributed by atoms with Gasteiger partial charge in [0.25, 0.3) is 0 Å². The van der Waals surface area contributed by atoms with E-state index in [1.54, 1.807) is 19.9 Å². The molecule has 0 saturated heterocycles. The van der Waals surface area contributed by atoms with Crippen molar-refractivity contribution in [2.75, 3.05) is 6.61 Å². The fraction of sp³-hybridized carbons (Fsp3) is 0.360. The first-order valence-corrected chi connectivity index (χ1v) is 12.3. The highest BCUT2D eigenvalue weighted by Gasteiger charge is 2.32. The van der Waals surface area contributed by atoms with Gasteiger partial charge in [-0.05, 0) is 63.1 Å². The van der Waals surface area contributed by atoms with Crippen LogP contribution < -0.4 is 10.1 Å². The topological polar surface area (TPSA) is 92.8 Å². The molecule has 0 fully saturated rings. The number of carbonyl (C=O) groups is 1. The van der Waals surface area contributed by atoms with E-state index in [1.165, 1.54) is 11.8 Å². The van der Waals surface area contributed by atoms with Gasteiger partial charge in [-0.15, -0.1) is 10.2 Å². The van der Waals surface area contributed by atoms with Gasteiger partial charge < -0.3 is 10.1 Å². The monoisotopic (exact) mass is 497 g/mol. The van der Waals surface area contributed by atoms with Crippen LogP contribution in [0.15, 0.2) is 53.7 Å². The van der Waals surface area contributed by atoms with E-state index in [1.807, 2.05) is 67.8 Å². The molecule has 1 amide bonds. The minimum Gasteiger partial charge on any atom is -0.494 e. The fourth-order valence-electron chi connectivity index (χ4n) is 3.12. The van der Waals surface area contributed by atoms with Crippen molar-refractivity contribution in [1.82, 2.24) is 20.1 Å². The molecule has 2 unspecified atom stereocenters. The molecule has 0 aliphatic rings. The third kappa shape index (κ3) is 5.72. The van der Waals surface area contributed by atoms with Crippen LogP contribution >= 0.6 is 23.4 Å². The number of nitrogens with one attached hydrogen (secondary N) is 1. The quantitative estimate of drug-likeness (QED) is 0.391. The van der Waals surface area contributed by atoms with Crippen molar-refractivity contribution in [3.05, 3.63) is 53.6 Å². The van der Waals surface area contributed by atoms with Crippen LogP contribution in [0.3, 0.4) is 0 Å². The van der Waals surface area contributed by atoms with E-state index in [0.717, 1.165) is 17.0 Å². The molecule has 3 aromatic rings. The second kappa shape index (κ2) is 10.9. The maximum Gasteiger partial charge on any atom is 0.234 e. The van der Waals surface area contributed by atoms with Crippen LogP contribution in [0.2, 0.25) is 5.02 Å². The predicted molar refractivity (Wildman–Crippen MR) is 135 cm³/mol. The molecular formula is C25H28ClN5O2S. The maximum absolute atomic E-state index is 12.9. The molecule has 178 valence electrons. The normalized spacial score (nSPS) is 13.7. The Morgan fingerprint density at radius 3 is 2.53 bits per heavy atom. The minimum atomic E-state index is -0.958. The van der Waals surface area contributed by atoms with Crippen molar-refractivity contribution in [1.29, 1.82) is 5.26 Å². The number of carbonyl (C=O) groups excluding carboxylic acids is 1. The molecule has 1 heterocycles. The Bertz CT molecular complexity index is 1190. The van der Waals surface area contributed by atoms with E-state index >= 15 is 0 Å². The molecule has 2 aromatic carbocycles. The third-order valence-corrected chi connectivity index (χ3v) is 6.82. The average molecular weight is 498 g/mol. The van der Waals surface area contributed by atoms with Crippen LogP contribution in [-0.4, -0.2) is 38.1 Å². The number of halogens is 1. The summed E-state index contributed by atoms with van der Waals surface area (Å²) in [6.45, 7) is 9.83. The second-order valence-corrected chi connectivity index (χ2v) is 10.0. The zero-order valence-corrected chi connectivity index (χ0v) is 21.4. The predicted octanol–water partition coefficient (Wildman–Crippen LogP) is 5.52. The lowest BCUT2D eigenvalue weighted by molar-refractivity contribution is -0.121. The van der Waals surface area contributed by atoms with Crippen molar-refractivity contribution in [3.8, 4) is 28.9 Å². The summed E-state index contributed by atoms with van der Waals surface area (Å²) in [5.74, 6) is 1.08. The van der Waals surface area contributed by atoms with Gasteiger partial charge >= 0.3 is 0 Å². The average Bonchev–Trinajstić information content (AvgIpc) is 3.23. The van der Waals surface area contributed by atoms with Gasteiger partial charge in [0.15, 0.2) is 11.0 Å². The lowest BCUT2D eigenvalue weighted by Gasteiger charge is -2.28. The van der Waals surface area contributed by atoms with Crippen molar-refractivity contribution in [3.63, 3.8) is 0 Å². The van der Waals surface area contributed by atoms with Crippen LogP contribution in [0.4, 0.5) is 0 Å². The first kappa shape index (κ1) is 25.6. The molecule has 3 rings (SSSR count). The van der Waals surface area contributed by atoms with Gasteiger partial charge in [0.05, 0.1) is 17.9 Å². The minimum absolute atomic E-state index is 0.0411. The Labute approximate surface area is 209 Å². The standard InChI is InChI=1S/C25H28ClN5O2S/c1-6-33-21-12-10-20(11-13-21)31-22(18-8-7-9-19(26)14-18)29-30-24(31)34-17(4)23(32)28-25(5,15-27)16(2)3/h7-14,16-17H,6H2,1-5H3,(H,28,32). The molecule has 1 N–H and O–H groups in total. The van der Waals surface area contributed by atoms with Gasteiger partial charge in [-0.1, -0.05) is 49.3 Å². The van der Waals surface area contributed by atoms with E-state index in [0.29, 0.717) is 22.6 Å². The molecule has 34 heavy (non-hydrogen) atoms. The van der Waals surface area contributed by atoms with Crippen LogP contribution in [0.5, 0.6) is 5.75 Å². The highest BCUT2D eigenvalue weighted by Crippen LogP contribution is 2.32. The maximum atomic E-state index is 12.9. The Hall–Kier alpha value is -3.02. The molecule has 2 atom stereocenters. The molecule has 0 bridgehead atoms. The van der Waals surface area contributed by atoms with Gasteiger partial charge in [0.2, 0.25) is 5.91 Å². The van der Waals surface area contributed by atoms with E-state index in [2.05, 4.69) is 21.6 Å². The van der Waals surface area contributed by atoms with Crippen LogP contribution in [0.1, 0.15) is 34.6 Å². The van der Waals surface area contributed by atoms with Gasteiger partial charge in [0, 0.05) is 16.3 Å². The Balaban J connectivity index is 1.97. The molecule has 0 saturated carbocycles. The van der Waals surface area contributed by atoms with E-state index < -0.39 is 10.8 Å². The van der Waals surface area contributed by atoms with Gasteiger partial charge in [0.1, 0.15) is 11.3 Å². The van der Waals surface area contributed by atoms with Crippen molar-refractivity contribution in [2.45, 2.75) is 50.6 Å². The number of nitrogens with zero attached hydrogens (tertiary/aromatic N) is 4. The number of benzene rings is 2. The first-order valence-electron chi connectivity index (χ1n) is 11.0. The number of thioether (sulfide) groups is 1. The molecule has 7 nitrogen and oxygen atoms in total. The fourth-order valence-corrected chi connectivity index (χ4v) is 4.18. The van der Waals surface area contributed by atoms with Gasteiger partial charge in [-0.25, -0.2) is 0 Å². The molecule has 0 aliphatic carbocycles. The Morgan fingerprint density at radius 1 is 1.24 bits per heavy atom. The molecule has 0 aliphatic heterocycles. The number of ether oxygens (including phenoxy) is 1. The summed E-state index contributed by atoms with van der Waals surface area (Å²) >= 11 is 7.50. The van der Waals surface area contributed by atoms with Crippen LogP contribution in [0.25, 0.3) is 17.1 Å².